The molecule has 0 saturated heterocycles. The van der Waals surface area contributed by atoms with Crippen molar-refractivity contribution in [2.75, 3.05) is 0 Å². The van der Waals surface area contributed by atoms with Crippen LogP contribution in [0.5, 0.6) is 0 Å². The van der Waals surface area contributed by atoms with Gasteiger partial charge in [-0.1, -0.05) is 190 Å². The minimum Gasteiger partial charge on any atom is -0.223 e. The Bertz CT molecular complexity index is 3270. The maximum Gasteiger partial charge on any atom is 0.451 e. The lowest BCUT2D eigenvalue weighted by atomic mass is 9.84. The van der Waals surface area contributed by atoms with E-state index < -0.39 is 56.3 Å². The zero-order valence-electron chi connectivity index (χ0n) is 53.3. The fourth-order valence-electron chi connectivity index (χ4n) is 16.1. The predicted molar refractivity (Wildman–Crippen MR) is 347 cm³/mol. The minimum atomic E-state index is -4.92. The van der Waals surface area contributed by atoms with Crippen molar-refractivity contribution in [3.63, 3.8) is 0 Å². The highest BCUT2D eigenvalue weighted by molar-refractivity contribution is 6.92. The highest BCUT2D eigenvalue weighted by Crippen LogP contribution is 2.51. The molecule has 0 bridgehead atoms. The average molecular weight is 1190 g/mol. The summed E-state index contributed by atoms with van der Waals surface area (Å²) in [5, 5.41) is 4.61. The van der Waals surface area contributed by atoms with Crippen LogP contribution < -0.4 is 0 Å². The number of halogens is 6. The molecule has 5 aromatic carbocycles. The standard InChI is InChI=1S/C68H88F6N4Si4/c1-37(2)79(38(3)4,39(5)6)29-25-49-33-53-54-34-51(27-31-81(43(13)14,44(15)16)45(17)18)63-60-58(54)56(36-52(64(60)78-66(77-63)68(72,73)74)28-32-82(46(19)20,47(21)22)48(23)24)55-35-50(26-30-80(40(7)8,41(9)10)42(11)12)62-59(57(53)55)61(49)75-65(76-62)67(69,70)71/h33-48H,1-24H3. The number of hydrogen-bond donors (Lipinski definition) is 0. The molecule has 0 radical (unpaired) electrons. The van der Waals surface area contributed by atoms with E-state index >= 15 is 26.3 Å². The van der Waals surface area contributed by atoms with E-state index in [4.69, 9.17) is 0 Å². The number of fused-ring (bicyclic) bond motifs is 2. The summed E-state index contributed by atoms with van der Waals surface area (Å²) in [6, 6.07) is 7.50. The Morgan fingerprint density at radius 2 is 0.439 bits per heavy atom. The van der Waals surface area contributed by atoms with Gasteiger partial charge in [-0.05, 0) is 112 Å². The summed E-state index contributed by atoms with van der Waals surface area (Å²) in [5.74, 6) is 11.7. The molecule has 2 heterocycles. The second-order valence-corrected chi connectivity index (χ2v) is 49.8. The maximum absolute atomic E-state index is 15.6. The molecule has 0 amide bonds. The van der Waals surface area contributed by atoms with Gasteiger partial charge in [-0.15, -0.1) is 22.2 Å². The summed E-state index contributed by atoms with van der Waals surface area (Å²) >= 11 is 0. The van der Waals surface area contributed by atoms with Crippen molar-refractivity contribution in [1.29, 1.82) is 0 Å². The lowest BCUT2D eigenvalue weighted by Crippen LogP contribution is -2.43. The van der Waals surface area contributed by atoms with Gasteiger partial charge in [0.05, 0.1) is 44.3 Å². The first-order chi connectivity index (χ1) is 37.8. The fourth-order valence-corrected chi connectivity index (χ4v) is 36.9. The third-order valence-electron chi connectivity index (χ3n) is 19.8. The summed E-state index contributed by atoms with van der Waals surface area (Å²) in [7, 11) is -10.1. The van der Waals surface area contributed by atoms with Crippen LogP contribution in [0.2, 0.25) is 66.5 Å². The first-order valence-corrected chi connectivity index (χ1v) is 39.0. The van der Waals surface area contributed by atoms with Crippen LogP contribution in [0, 0.1) is 45.9 Å². The topological polar surface area (TPSA) is 51.6 Å². The Balaban J connectivity index is 1.94. The molecule has 0 unspecified atom stereocenters. The van der Waals surface area contributed by atoms with E-state index in [1.807, 2.05) is 24.3 Å². The second-order valence-electron chi connectivity index (χ2n) is 27.5. The Morgan fingerprint density at radius 3 is 0.573 bits per heavy atom. The Morgan fingerprint density at radius 1 is 0.280 bits per heavy atom. The third kappa shape index (κ3) is 10.4. The molecule has 82 heavy (non-hydrogen) atoms. The van der Waals surface area contributed by atoms with Gasteiger partial charge in [-0.25, -0.2) is 19.9 Å². The summed E-state index contributed by atoms with van der Waals surface area (Å²) in [6.07, 6.45) is -9.85. The number of hydrogen-bond acceptors (Lipinski definition) is 4. The molecule has 14 heteroatoms. The third-order valence-corrected chi connectivity index (χ3v) is 44.9. The smallest absolute Gasteiger partial charge is 0.223 e. The lowest BCUT2D eigenvalue weighted by Gasteiger charge is -2.38. The fraction of sp³-hybridized carbons (Fsp3) is 0.559. The highest BCUT2D eigenvalue weighted by atomic mass is 28.3. The molecule has 7 rings (SSSR count). The monoisotopic (exact) mass is 1190 g/mol. The number of nitrogens with zero attached hydrogens (tertiary/aromatic N) is 4. The normalized spacial score (nSPS) is 13.7. The molecule has 0 aliphatic carbocycles. The molecule has 0 N–H and O–H groups in total. The van der Waals surface area contributed by atoms with Gasteiger partial charge in [0, 0.05) is 21.5 Å². The molecule has 0 aliphatic heterocycles. The molecule has 0 saturated carbocycles. The quantitative estimate of drug-likeness (QED) is 0.0402. The molecule has 0 spiro atoms. The van der Waals surface area contributed by atoms with Gasteiger partial charge in [0.1, 0.15) is 32.3 Å². The molecule has 0 atom stereocenters. The molecule has 0 fully saturated rings. The van der Waals surface area contributed by atoms with Crippen molar-refractivity contribution in [3.8, 4) is 45.9 Å². The average Bonchev–Trinajstić information content (AvgIpc) is 0.837. The lowest BCUT2D eigenvalue weighted by molar-refractivity contribution is -0.145. The molecule has 0 aliphatic rings. The summed E-state index contributed by atoms with van der Waals surface area (Å²) < 4.78 is 93.5. The van der Waals surface area contributed by atoms with Crippen molar-refractivity contribution in [1.82, 2.24) is 19.9 Å². The van der Waals surface area contributed by atoms with Crippen LogP contribution in [0.3, 0.4) is 0 Å². The number of benzene rings is 5. The van der Waals surface area contributed by atoms with E-state index in [2.05, 4.69) is 232 Å². The first kappa shape index (κ1) is 64.6. The van der Waals surface area contributed by atoms with Crippen LogP contribution in [-0.4, -0.2) is 52.2 Å². The minimum absolute atomic E-state index is 0.0828. The van der Waals surface area contributed by atoms with Gasteiger partial charge in [0.25, 0.3) is 0 Å². The van der Waals surface area contributed by atoms with E-state index in [-0.39, 0.29) is 88.6 Å². The summed E-state index contributed by atoms with van der Waals surface area (Å²) in [4.78, 5) is 18.0. The Labute approximate surface area is 490 Å². The van der Waals surface area contributed by atoms with Crippen molar-refractivity contribution >= 4 is 97.5 Å². The van der Waals surface area contributed by atoms with Gasteiger partial charge in [0.15, 0.2) is 0 Å². The van der Waals surface area contributed by atoms with Crippen LogP contribution in [0.1, 0.15) is 200 Å². The van der Waals surface area contributed by atoms with Gasteiger partial charge in [-0.2, -0.15) is 26.3 Å². The molecule has 4 nitrogen and oxygen atoms in total. The van der Waals surface area contributed by atoms with E-state index in [1.165, 1.54) is 0 Å². The molecule has 2 aromatic heterocycles. The van der Waals surface area contributed by atoms with Gasteiger partial charge in [-0.3, -0.25) is 0 Å². The number of rotatable bonds is 12. The Hall–Kier alpha value is -4.97. The molecule has 7 aromatic rings. The number of aromatic nitrogens is 4. The van der Waals surface area contributed by atoms with Crippen LogP contribution in [0.15, 0.2) is 24.3 Å². The van der Waals surface area contributed by atoms with Crippen molar-refractivity contribution < 1.29 is 26.3 Å². The maximum atomic E-state index is 15.6. The predicted octanol–water partition coefficient (Wildman–Crippen LogP) is 21.4. The van der Waals surface area contributed by atoms with Gasteiger partial charge < -0.3 is 0 Å². The molecular weight excluding hydrogens is 1100 g/mol. The van der Waals surface area contributed by atoms with E-state index in [9.17, 15) is 0 Å². The zero-order valence-corrected chi connectivity index (χ0v) is 57.3. The van der Waals surface area contributed by atoms with Crippen molar-refractivity contribution in [2.45, 2.75) is 245 Å². The van der Waals surface area contributed by atoms with Crippen LogP contribution >= 0.6 is 0 Å². The van der Waals surface area contributed by atoms with Crippen LogP contribution in [0.4, 0.5) is 26.3 Å². The number of alkyl halides is 6. The summed E-state index contributed by atoms with van der Waals surface area (Å²) in [6.45, 7) is 52.7. The van der Waals surface area contributed by atoms with Crippen LogP contribution in [-0.2, 0) is 12.4 Å². The largest absolute Gasteiger partial charge is 0.451 e. The zero-order chi connectivity index (χ0) is 61.6. The van der Waals surface area contributed by atoms with Crippen molar-refractivity contribution in [3.05, 3.63) is 58.2 Å². The van der Waals surface area contributed by atoms with Crippen LogP contribution in [0.25, 0.3) is 65.2 Å². The van der Waals surface area contributed by atoms with E-state index in [0.29, 0.717) is 65.3 Å². The van der Waals surface area contributed by atoms with Gasteiger partial charge >= 0.3 is 12.4 Å². The second kappa shape index (κ2) is 22.8. The first-order valence-electron chi connectivity index (χ1n) is 30.1. The van der Waals surface area contributed by atoms with Crippen molar-refractivity contribution in [2.24, 2.45) is 0 Å². The van der Waals surface area contributed by atoms with Gasteiger partial charge in [0.2, 0.25) is 11.6 Å². The highest BCUT2D eigenvalue weighted by Gasteiger charge is 2.46. The Kier molecular flexibility index (Phi) is 18.0. The van der Waals surface area contributed by atoms with E-state index in [0.717, 1.165) is 0 Å². The van der Waals surface area contributed by atoms with E-state index in [1.54, 1.807) is 0 Å². The SMILES string of the molecule is CC(C)[Si](C#Cc1cc2c3cc(C#C[Si](C(C)C)(C(C)C)C(C)C)c4nc(C(F)(F)F)nc5c(C#C[Si](C(C)C)(C(C)C)C(C)C)cc(c6cc(C#C[Si](C(C)C)(C(C)C)C(C)C)c7nc(C(F)(F)F)nc1c7c26)c3c45)(C(C)C)C(C)C. The summed E-state index contributed by atoms with van der Waals surface area (Å²) in [5.41, 5.74) is 19.3. The molecular formula is C68H88F6N4Si4. The molecule has 438 valence electrons.